The predicted octanol–water partition coefficient (Wildman–Crippen LogP) is 5.06. The van der Waals surface area contributed by atoms with Gasteiger partial charge >= 0.3 is 0 Å². The van der Waals surface area contributed by atoms with E-state index >= 15 is 0 Å². The summed E-state index contributed by atoms with van der Waals surface area (Å²) in [5, 5.41) is 7.56. The molecule has 0 spiro atoms. The van der Waals surface area contributed by atoms with E-state index in [0.717, 1.165) is 11.8 Å². The molecule has 0 radical (unpaired) electrons. The minimum Gasteiger partial charge on any atom is -0.303 e. The topological polar surface area (TPSA) is 24.9 Å². The Labute approximate surface area is 133 Å². The second kappa shape index (κ2) is 6.00. The van der Waals surface area contributed by atoms with Crippen LogP contribution in [-0.2, 0) is 5.54 Å². The molecule has 1 N–H and O–H groups in total. The van der Waals surface area contributed by atoms with Gasteiger partial charge in [0.2, 0.25) is 0 Å². The summed E-state index contributed by atoms with van der Waals surface area (Å²) >= 11 is 1.89. The third kappa shape index (κ3) is 3.34. The standard InChI is InChI=1S/C18H30N2S/c1-12(2)16-11-21-17(19-16)18(20-13(3)4)9-5-6-15(10-18)14-7-8-14/h11-15,20H,5-10H2,1-4H3. The lowest BCUT2D eigenvalue weighted by Crippen LogP contribution is -2.49. The summed E-state index contributed by atoms with van der Waals surface area (Å²) in [4.78, 5) is 5.03. The van der Waals surface area contributed by atoms with Crippen LogP contribution >= 0.6 is 11.3 Å². The fourth-order valence-corrected chi connectivity index (χ4v) is 5.18. The van der Waals surface area contributed by atoms with Crippen molar-refractivity contribution in [3.63, 3.8) is 0 Å². The molecule has 0 aromatic carbocycles. The van der Waals surface area contributed by atoms with Crippen LogP contribution in [0.25, 0.3) is 0 Å². The molecule has 0 saturated heterocycles. The molecule has 1 aromatic heterocycles. The van der Waals surface area contributed by atoms with Crippen LogP contribution < -0.4 is 5.32 Å². The second-order valence-corrected chi connectivity index (χ2v) is 8.67. The highest BCUT2D eigenvalue weighted by Crippen LogP contribution is 2.50. The molecular formula is C18H30N2S. The first-order valence-electron chi connectivity index (χ1n) is 8.74. The molecule has 3 rings (SSSR count). The first-order valence-corrected chi connectivity index (χ1v) is 9.62. The van der Waals surface area contributed by atoms with Crippen LogP contribution in [0.1, 0.15) is 82.8 Å². The van der Waals surface area contributed by atoms with E-state index in [1.807, 2.05) is 11.3 Å². The first-order chi connectivity index (χ1) is 10.00. The molecule has 118 valence electrons. The summed E-state index contributed by atoms with van der Waals surface area (Å²) in [6, 6.07) is 0.523. The summed E-state index contributed by atoms with van der Waals surface area (Å²) in [7, 11) is 0. The highest BCUT2D eigenvalue weighted by atomic mass is 32.1. The number of rotatable bonds is 5. The van der Waals surface area contributed by atoms with Gasteiger partial charge in [-0.3, -0.25) is 0 Å². The predicted molar refractivity (Wildman–Crippen MR) is 90.8 cm³/mol. The number of hydrogen-bond donors (Lipinski definition) is 1. The Morgan fingerprint density at radius 3 is 2.52 bits per heavy atom. The smallest absolute Gasteiger partial charge is 0.113 e. The van der Waals surface area contributed by atoms with Crippen molar-refractivity contribution in [3.05, 3.63) is 16.1 Å². The van der Waals surface area contributed by atoms with Gasteiger partial charge in [-0.2, -0.15) is 0 Å². The van der Waals surface area contributed by atoms with Crippen molar-refractivity contribution in [1.82, 2.24) is 10.3 Å². The van der Waals surface area contributed by atoms with Gasteiger partial charge in [0.15, 0.2) is 0 Å². The van der Waals surface area contributed by atoms with Gasteiger partial charge in [0, 0.05) is 11.4 Å². The minimum atomic E-state index is 0.150. The fourth-order valence-electron chi connectivity index (χ4n) is 4.00. The Bertz CT molecular complexity index is 475. The molecule has 2 aliphatic rings. The molecule has 3 heteroatoms. The van der Waals surface area contributed by atoms with Gasteiger partial charge in [-0.05, 0) is 57.3 Å². The first kappa shape index (κ1) is 15.5. The van der Waals surface area contributed by atoms with Crippen LogP contribution in [-0.4, -0.2) is 11.0 Å². The van der Waals surface area contributed by atoms with Crippen LogP contribution in [0.15, 0.2) is 5.38 Å². The highest BCUT2D eigenvalue weighted by Gasteiger charge is 2.44. The van der Waals surface area contributed by atoms with Crippen LogP contribution in [0.4, 0.5) is 0 Å². The number of hydrogen-bond acceptors (Lipinski definition) is 3. The summed E-state index contributed by atoms with van der Waals surface area (Å²) in [5.41, 5.74) is 1.42. The largest absolute Gasteiger partial charge is 0.303 e. The van der Waals surface area contributed by atoms with Gasteiger partial charge in [0.05, 0.1) is 11.2 Å². The molecule has 0 aliphatic heterocycles. The van der Waals surface area contributed by atoms with Crippen molar-refractivity contribution in [3.8, 4) is 0 Å². The molecule has 0 bridgehead atoms. The van der Waals surface area contributed by atoms with E-state index in [0.29, 0.717) is 12.0 Å². The van der Waals surface area contributed by atoms with E-state index in [1.165, 1.54) is 49.2 Å². The van der Waals surface area contributed by atoms with Crippen molar-refractivity contribution in [1.29, 1.82) is 0 Å². The third-order valence-electron chi connectivity index (χ3n) is 5.17. The average molecular weight is 307 g/mol. The molecule has 2 nitrogen and oxygen atoms in total. The molecule has 1 aromatic rings. The maximum absolute atomic E-state index is 5.03. The Morgan fingerprint density at radius 1 is 1.19 bits per heavy atom. The number of aromatic nitrogens is 1. The third-order valence-corrected chi connectivity index (χ3v) is 6.23. The fraction of sp³-hybridized carbons (Fsp3) is 0.833. The molecular weight excluding hydrogens is 276 g/mol. The quantitative estimate of drug-likeness (QED) is 0.822. The normalized spacial score (nSPS) is 30.3. The SMILES string of the molecule is CC(C)NC1(c2nc(C(C)C)cs2)CCCC(C2CC2)C1. The van der Waals surface area contributed by atoms with E-state index in [1.54, 1.807) is 0 Å². The van der Waals surface area contributed by atoms with Crippen molar-refractivity contribution in [2.24, 2.45) is 11.8 Å². The van der Waals surface area contributed by atoms with E-state index in [9.17, 15) is 0 Å². The lowest BCUT2D eigenvalue weighted by atomic mass is 9.73. The maximum atomic E-state index is 5.03. The van der Waals surface area contributed by atoms with Gasteiger partial charge in [0.25, 0.3) is 0 Å². The average Bonchev–Trinajstić information content (AvgIpc) is 3.14. The summed E-state index contributed by atoms with van der Waals surface area (Å²) < 4.78 is 0. The second-order valence-electron chi connectivity index (χ2n) is 7.81. The highest BCUT2D eigenvalue weighted by molar-refractivity contribution is 7.09. The van der Waals surface area contributed by atoms with E-state index in [4.69, 9.17) is 4.98 Å². The summed E-state index contributed by atoms with van der Waals surface area (Å²) in [6.45, 7) is 9.05. The van der Waals surface area contributed by atoms with Crippen LogP contribution in [0.2, 0.25) is 0 Å². The van der Waals surface area contributed by atoms with Crippen molar-refractivity contribution in [2.75, 3.05) is 0 Å². The molecule has 2 saturated carbocycles. The van der Waals surface area contributed by atoms with E-state index < -0.39 is 0 Å². The van der Waals surface area contributed by atoms with Gasteiger partial charge in [0.1, 0.15) is 5.01 Å². The zero-order valence-corrected chi connectivity index (χ0v) is 14.8. The minimum absolute atomic E-state index is 0.150. The van der Waals surface area contributed by atoms with Crippen LogP contribution in [0.5, 0.6) is 0 Å². The molecule has 1 heterocycles. The van der Waals surface area contributed by atoms with E-state index in [-0.39, 0.29) is 5.54 Å². The monoisotopic (exact) mass is 306 g/mol. The maximum Gasteiger partial charge on any atom is 0.113 e. The van der Waals surface area contributed by atoms with Gasteiger partial charge in [-0.15, -0.1) is 11.3 Å². The molecule has 2 fully saturated rings. The Balaban J connectivity index is 1.87. The lowest BCUT2D eigenvalue weighted by molar-refractivity contribution is 0.153. The molecule has 2 aliphatic carbocycles. The molecule has 21 heavy (non-hydrogen) atoms. The summed E-state index contributed by atoms with van der Waals surface area (Å²) in [5.74, 6) is 2.48. The number of nitrogens with zero attached hydrogens (tertiary/aromatic N) is 1. The Hall–Kier alpha value is -0.410. The lowest BCUT2D eigenvalue weighted by Gasteiger charge is -2.42. The van der Waals surface area contributed by atoms with Crippen LogP contribution in [0, 0.1) is 11.8 Å². The molecule has 2 unspecified atom stereocenters. The van der Waals surface area contributed by atoms with Crippen molar-refractivity contribution >= 4 is 11.3 Å². The molecule has 2 atom stereocenters. The van der Waals surface area contributed by atoms with Crippen LogP contribution in [0.3, 0.4) is 0 Å². The number of thiazole rings is 1. The summed E-state index contributed by atoms with van der Waals surface area (Å²) in [6.07, 6.45) is 8.31. The zero-order chi connectivity index (χ0) is 15.0. The van der Waals surface area contributed by atoms with Gasteiger partial charge < -0.3 is 5.32 Å². The molecule has 0 amide bonds. The van der Waals surface area contributed by atoms with E-state index in [2.05, 4.69) is 38.4 Å². The zero-order valence-electron chi connectivity index (χ0n) is 14.0. The van der Waals surface area contributed by atoms with Crippen molar-refractivity contribution in [2.45, 2.75) is 83.7 Å². The number of nitrogens with one attached hydrogen (secondary N) is 1. The Kier molecular flexibility index (Phi) is 4.42. The van der Waals surface area contributed by atoms with Crippen molar-refractivity contribution < 1.29 is 0 Å². The van der Waals surface area contributed by atoms with Gasteiger partial charge in [-0.1, -0.05) is 26.7 Å². The van der Waals surface area contributed by atoms with Gasteiger partial charge in [-0.25, -0.2) is 4.98 Å². The Morgan fingerprint density at radius 2 is 1.95 bits per heavy atom.